The molecular weight excluding hydrogens is 234 g/mol. The van der Waals surface area contributed by atoms with Crippen LogP contribution in [0.5, 0.6) is 0 Å². The van der Waals surface area contributed by atoms with E-state index in [4.69, 9.17) is 0 Å². The van der Waals surface area contributed by atoms with E-state index in [1.165, 1.54) is 11.3 Å². The highest BCUT2D eigenvalue weighted by Crippen LogP contribution is 2.15. The quantitative estimate of drug-likeness (QED) is 0.796. The maximum atomic E-state index is 11.6. The highest BCUT2D eigenvalue weighted by Gasteiger charge is 2.14. The zero-order valence-corrected chi connectivity index (χ0v) is 10.1. The molecule has 1 unspecified atom stereocenters. The van der Waals surface area contributed by atoms with Gasteiger partial charge in [0.05, 0.1) is 6.10 Å². The molecule has 1 rings (SSSR count). The first-order valence-corrected chi connectivity index (χ1v) is 7.13. The van der Waals surface area contributed by atoms with E-state index >= 15 is 0 Å². The van der Waals surface area contributed by atoms with Crippen molar-refractivity contribution in [3.05, 3.63) is 17.5 Å². The van der Waals surface area contributed by atoms with Crippen LogP contribution in [0.1, 0.15) is 19.8 Å². The number of hydrogen-bond donors (Lipinski definition) is 2. The molecule has 1 atom stereocenters. The zero-order valence-electron chi connectivity index (χ0n) is 8.51. The first-order valence-electron chi connectivity index (χ1n) is 4.77. The Morgan fingerprint density at radius 3 is 2.87 bits per heavy atom. The summed E-state index contributed by atoms with van der Waals surface area (Å²) in [7, 11) is -3.36. The predicted octanol–water partition coefficient (Wildman–Crippen LogP) is 1.19. The van der Waals surface area contributed by atoms with E-state index in [0.29, 0.717) is 17.1 Å². The van der Waals surface area contributed by atoms with E-state index in [9.17, 15) is 13.5 Å². The zero-order chi connectivity index (χ0) is 11.3. The molecule has 0 radical (unpaired) electrons. The van der Waals surface area contributed by atoms with Crippen molar-refractivity contribution >= 4 is 21.4 Å². The summed E-state index contributed by atoms with van der Waals surface area (Å²) in [6.45, 7) is 2.13. The average molecular weight is 249 g/mol. The number of aliphatic hydroxyl groups is 1. The lowest BCUT2D eigenvalue weighted by molar-refractivity contribution is 0.162. The Labute approximate surface area is 94.0 Å². The lowest BCUT2D eigenvalue weighted by atomic mass is 10.2. The van der Waals surface area contributed by atoms with Crippen molar-refractivity contribution in [2.75, 3.05) is 6.54 Å². The Kier molecular flexibility index (Phi) is 4.72. The van der Waals surface area contributed by atoms with Gasteiger partial charge in [-0.25, -0.2) is 13.1 Å². The number of nitrogens with one attached hydrogen (secondary N) is 1. The molecule has 0 spiro atoms. The molecule has 0 aliphatic carbocycles. The van der Waals surface area contributed by atoms with Crippen LogP contribution in [0.3, 0.4) is 0 Å². The van der Waals surface area contributed by atoms with E-state index in [1.807, 2.05) is 6.92 Å². The summed E-state index contributed by atoms with van der Waals surface area (Å²) in [5, 5.41) is 11.0. The lowest BCUT2D eigenvalue weighted by Gasteiger charge is -2.08. The summed E-state index contributed by atoms with van der Waals surface area (Å²) in [5.74, 6) is 0. The Hall–Kier alpha value is -0.430. The van der Waals surface area contributed by atoms with Gasteiger partial charge in [-0.2, -0.15) is 0 Å². The highest BCUT2D eigenvalue weighted by atomic mass is 32.2. The minimum Gasteiger partial charge on any atom is -0.393 e. The van der Waals surface area contributed by atoms with E-state index in [2.05, 4.69) is 4.72 Å². The van der Waals surface area contributed by atoms with Crippen molar-refractivity contribution in [2.24, 2.45) is 0 Å². The van der Waals surface area contributed by atoms with Crippen LogP contribution in [0.15, 0.2) is 21.7 Å². The molecule has 0 saturated heterocycles. The van der Waals surface area contributed by atoms with E-state index in [0.717, 1.165) is 0 Å². The smallest absolute Gasteiger partial charge is 0.250 e. The minimum atomic E-state index is -3.36. The molecule has 86 valence electrons. The molecule has 15 heavy (non-hydrogen) atoms. The van der Waals surface area contributed by atoms with Crippen LogP contribution in [0, 0.1) is 0 Å². The molecule has 0 aromatic carbocycles. The van der Waals surface area contributed by atoms with Crippen LogP contribution in [0.25, 0.3) is 0 Å². The maximum Gasteiger partial charge on any atom is 0.250 e. The van der Waals surface area contributed by atoms with Gasteiger partial charge < -0.3 is 5.11 Å². The van der Waals surface area contributed by atoms with Crippen LogP contribution in [0.4, 0.5) is 0 Å². The van der Waals surface area contributed by atoms with Crippen molar-refractivity contribution < 1.29 is 13.5 Å². The van der Waals surface area contributed by atoms with Gasteiger partial charge in [-0.15, -0.1) is 11.3 Å². The monoisotopic (exact) mass is 249 g/mol. The highest BCUT2D eigenvalue weighted by molar-refractivity contribution is 7.91. The van der Waals surface area contributed by atoms with Crippen LogP contribution in [-0.4, -0.2) is 26.2 Å². The summed E-state index contributed by atoms with van der Waals surface area (Å²) in [6, 6.07) is 3.25. The lowest BCUT2D eigenvalue weighted by Crippen LogP contribution is -2.26. The second kappa shape index (κ2) is 5.60. The predicted molar refractivity (Wildman–Crippen MR) is 60.4 cm³/mol. The van der Waals surface area contributed by atoms with Crippen molar-refractivity contribution in [3.63, 3.8) is 0 Å². The molecular formula is C9H15NO3S2. The Morgan fingerprint density at radius 1 is 1.60 bits per heavy atom. The van der Waals surface area contributed by atoms with Gasteiger partial charge in [0.2, 0.25) is 10.0 Å². The molecule has 6 heteroatoms. The molecule has 0 fully saturated rings. The third-order valence-corrected chi connectivity index (χ3v) is 4.86. The molecule has 0 aliphatic heterocycles. The number of rotatable bonds is 6. The van der Waals surface area contributed by atoms with E-state index < -0.39 is 16.1 Å². The van der Waals surface area contributed by atoms with Crippen molar-refractivity contribution in [1.29, 1.82) is 0 Å². The van der Waals surface area contributed by atoms with Crippen molar-refractivity contribution in [2.45, 2.75) is 30.1 Å². The van der Waals surface area contributed by atoms with Crippen LogP contribution in [-0.2, 0) is 10.0 Å². The Balaban J connectivity index is 2.45. The SMILES string of the molecule is CCC(O)CCNS(=O)(=O)c1cccs1. The van der Waals surface area contributed by atoms with Crippen molar-refractivity contribution in [1.82, 2.24) is 4.72 Å². The van der Waals surface area contributed by atoms with Gasteiger partial charge in [0.15, 0.2) is 0 Å². The molecule has 2 N–H and O–H groups in total. The third-order valence-electron chi connectivity index (χ3n) is 2.00. The van der Waals surface area contributed by atoms with Gasteiger partial charge in [0.1, 0.15) is 4.21 Å². The summed E-state index contributed by atoms with van der Waals surface area (Å²) in [4.78, 5) is 0. The van der Waals surface area contributed by atoms with Crippen LogP contribution < -0.4 is 4.72 Å². The molecule has 0 saturated carbocycles. The standard InChI is InChI=1S/C9H15NO3S2/c1-2-8(11)5-6-10-15(12,13)9-4-3-7-14-9/h3-4,7-8,10-11H,2,5-6H2,1H3. The molecule has 1 heterocycles. The molecule has 0 bridgehead atoms. The van der Waals surface area contributed by atoms with Gasteiger partial charge in [0.25, 0.3) is 0 Å². The molecule has 1 aromatic rings. The summed E-state index contributed by atoms with van der Waals surface area (Å²) < 4.78 is 25.9. The average Bonchev–Trinajstić information content (AvgIpc) is 2.70. The second-order valence-electron chi connectivity index (χ2n) is 3.18. The van der Waals surface area contributed by atoms with Gasteiger partial charge in [-0.05, 0) is 24.3 Å². The van der Waals surface area contributed by atoms with Gasteiger partial charge in [-0.3, -0.25) is 0 Å². The fourth-order valence-electron chi connectivity index (χ4n) is 1.05. The van der Waals surface area contributed by atoms with Gasteiger partial charge >= 0.3 is 0 Å². The first-order chi connectivity index (χ1) is 7.06. The van der Waals surface area contributed by atoms with Crippen LogP contribution >= 0.6 is 11.3 Å². The number of hydrogen-bond acceptors (Lipinski definition) is 4. The van der Waals surface area contributed by atoms with Crippen molar-refractivity contribution in [3.8, 4) is 0 Å². The fourth-order valence-corrected chi connectivity index (χ4v) is 3.14. The Morgan fingerprint density at radius 2 is 2.33 bits per heavy atom. The molecule has 4 nitrogen and oxygen atoms in total. The number of aliphatic hydroxyl groups excluding tert-OH is 1. The van der Waals surface area contributed by atoms with Gasteiger partial charge in [0, 0.05) is 6.54 Å². The number of thiophene rings is 1. The third kappa shape index (κ3) is 3.90. The number of sulfonamides is 1. The first kappa shape index (κ1) is 12.6. The summed E-state index contributed by atoms with van der Waals surface area (Å²) in [5.41, 5.74) is 0. The minimum absolute atomic E-state index is 0.273. The topological polar surface area (TPSA) is 66.4 Å². The van der Waals surface area contributed by atoms with Crippen LogP contribution in [0.2, 0.25) is 0 Å². The molecule has 0 aliphatic rings. The Bertz CT molecular complexity index is 372. The molecule has 1 aromatic heterocycles. The van der Waals surface area contributed by atoms with Gasteiger partial charge in [-0.1, -0.05) is 13.0 Å². The van der Waals surface area contributed by atoms with E-state index in [1.54, 1.807) is 17.5 Å². The summed E-state index contributed by atoms with van der Waals surface area (Å²) >= 11 is 1.18. The molecule has 0 amide bonds. The maximum absolute atomic E-state index is 11.6. The largest absolute Gasteiger partial charge is 0.393 e. The summed E-state index contributed by atoms with van der Waals surface area (Å²) in [6.07, 6.45) is 0.651. The normalized spacial score (nSPS) is 14.0. The fraction of sp³-hybridized carbons (Fsp3) is 0.556. The van der Waals surface area contributed by atoms with E-state index in [-0.39, 0.29) is 6.54 Å². The second-order valence-corrected chi connectivity index (χ2v) is 6.12.